The highest BCUT2D eigenvalue weighted by Gasteiger charge is 2.40. The van der Waals surface area contributed by atoms with E-state index in [1.807, 2.05) is 6.19 Å². The first kappa shape index (κ1) is 20.3. The predicted molar refractivity (Wildman–Crippen MR) is 94.5 cm³/mol. The standard InChI is InChI=1S/C12H17Cl3N8O/c1-7(24)17-8(12(13,14)15)23(6-16)11-19-9(21(2)3)18-10(20-11)22(4)5/h8H,1-5H3,(H,17,24). The Balaban J connectivity index is 3.46. The molecular formula is C12H17Cl3N8O. The van der Waals surface area contributed by atoms with Gasteiger partial charge in [-0.3, -0.25) is 4.79 Å². The predicted octanol–water partition coefficient (Wildman–Crippen LogP) is 1.12. The third-order valence-electron chi connectivity index (χ3n) is 2.63. The number of nitrogens with zero attached hydrogens (tertiary/aromatic N) is 7. The normalized spacial score (nSPS) is 12.1. The second-order valence-electron chi connectivity index (χ2n) is 5.14. The van der Waals surface area contributed by atoms with Gasteiger partial charge < -0.3 is 15.1 Å². The maximum absolute atomic E-state index is 11.4. The molecule has 1 unspecified atom stereocenters. The Morgan fingerprint density at radius 3 is 1.79 bits per heavy atom. The quantitative estimate of drug-likeness (QED) is 0.342. The van der Waals surface area contributed by atoms with Gasteiger partial charge in [-0.05, 0) is 0 Å². The van der Waals surface area contributed by atoms with Gasteiger partial charge in [0, 0.05) is 35.1 Å². The van der Waals surface area contributed by atoms with E-state index in [4.69, 9.17) is 34.8 Å². The lowest BCUT2D eigenvalue weighted by atomic mass is 10.4. The highest BCUT2D eigenvalue weighted by atomic mass is 35.6. The van der Waals surface area contributed by atoms with Gasteiger partial charge in [0.15, 0.2) is 12.4 Å². The van der Waals surface area contributed by atoms with Crippen molar-refractivity contribution in [2.24, 2.45) is 0 Å². The first-order valence-corrected chi connectivity index (χ1v) is 7.74. The molecule has 12 heteroatoms. The van der Waals surface area contributed by atoms with Crippen molar-refractivity contribution in [3.8, 4) is 6.19 Å². The Labute approximate surface area is 155 Å². The number of hydrogen-bond acceptors (Lipinski definition) is 8. The molecule has 0 bridgehead atoms. The van der Waals surface area contributed by atoms with E-state index in [9.17, 15) is 10.1 Å². The summed E-state index contributed by atoms with van der Waals surface area (Å²) in [5, 5.41) is 11.9. The molecule has 1 rings (SSSR count). The summed E-state index contributed by atoms with van der Waals surface area (Å²) in [6.45, 7) is 1.24. The lowest BCUT2D eigenvalue weighted by Crippen LogP contribution is -2.54. The molecule has 1 atom stereocenters. The van der Waals surface area contributed by atoms with Crippen LogP contribution in [-0.2, 0) is 4.79 Å². The molecule has 0 saturated heterocycles. The Morgan fingerprint density at radius 2 is 1.50 bits per heavy atom. The van der Waals surface area contributed by atoms with Gasteiger partial charge in [0.05, 0.1) is 0 Å². The molecule has 24 heavy (non-hydrogen) atoms. The largest absolute Gasteiger partial charge is 0.347 e. The average Bonchev–Trinajstić information content (AvgIpc) is 2.45. The first-order valence-electron chi connectivity index (χ1n) is 6.61. The number of halogens is 3. The summed E-state index contributed by atoms with van der Waals surface area (Å²) in [4.78, 5) is 28.2. The smallest absolute Gasteiger partial charge is 0.247 e. The minimum Gasteiger partial charge on any atom is -0.347 e. The molecule has 132 valence electrons. The number of nitrogens with one attached hydrogen (secondary N) is 1. The molecule has 0 aliphatic rings. The van der Waals surface area contributed by atoms with Crippen molar-refractivity contribution >= 4 is 58.6 Å². The zero-order valence-corrected chi connectivity index (χ0v) is 16.0. The van der Waals surface area contributed by atoms with Crippen molar-refractivity contribution in [3.63, 3.8) is 0 Å². The zero-order valence-electron chi connectivity index (χ0n) is 13.7. The van der Waals surface area contributed by atoms with Gasteiger partial charge in [-0.2, -0.15) is 20.2 Å². The molecular weight excluding hydrogens is 379 g/mol. The molecule has 0 aromatic carbocycles. The van der Waals surface area contributed by atoms with Crippen LogP contribution in [0.2, 0.25) is 0 Å². The number of nitriles is 1. The van der Waals surface area contributed by atoms with Crippen molar-refractivity contribution < 1.29 is 4.79 Å². The van der Waals surface area contributed by atoms with Crippen LogP contribution >= 0.6 is 34.8 Å². The molecule has 0 aliphatic carbocycles. The highest BCUT2D eigenvalue weighted by molar-refractivity contribution is 6.68. The number of carbonyl (C=O) groups is 1. The SMILES string of the molecule is CC(=O)NC(N(C#N)c1nc(N(C)C)nc(N(C)C)n1)C(Cl)(Cl)Cl. The maximum atomic E-state index is 11.4. The number of amides is 1. The van der Waals surface area contributed by atoms with Crippen molar-refractivity contribution in [1.82, 2.24) is 20.3 Å². The van der Waals surface area contributed by atoms with Gasteiger partial charge >= 0.3 is 0 Å². The molecule has 0 saturated carbocycles. The molecule has 1 amide bonds. The van der Waals surface area contributed by atoms with Crippen LogP contribution in [0.1, 0.15) is 6.92 Å². The van der Waals surface area contributed by atoms with Crippen LogP contribution in [0.15, 0.2) is 0 Å². The minimum absolute atomic E-state index is 0.0648. The highest BCUT2D eigenvalue weighted by Crippen LogP contribution is 2.33. The number of hydrogen-bond donors (Lipinski definition) is 1. The van der Waals surface area contributed by atoms with E-state index >= 15 is 0 Å². The Morgan fingerprint density at radius 1 is 1.08 bits per heavy atom. The van der Waals surface area contributed by atoms with E-state index in [-0.39, 0.29) is 5.95 Å². The summed E-state index contributed by atoms with van der Waals surface area (Å²) in [7, 11) is 6.93. The maximum Gasteiger partial charge on any atom is 0.247 e. The minimum atomic E-state index is -2.00. The van der Waals surface area contributed by atoms with Gasteiger partial charge in [0.2, 0.25) is 27.5 Å². The van der Waals surface area contributed by atoms with Gasteiger partial charge in [-0.1, -0.05) is 34.8 Å². The van der Waals surface area contributed by atoms with E-state index in [1.165, 1.54) is 6.92 Å². The number of aromatic nitrogens is 3. The van der Waals surface area contributed by atoms with E-state index in [2.05, 4.69) is 20.3 Å². The van der Waals surface area contributed by atoms with Crippen molar-refractivity contribution in [2.75, 3.05) is 42.9 Å². The topological polar surface area (TPSA) is 101 Å². The molecule has 1 aromatic rings. The van der Waals surface area contributed by atoms with Crippen LogP contribution in [0.4, 0.5) is 17.8 Å². The molecule has 1 heterocycles. The van der Waals surface area contributed by atoms with Crippen molar-refractivity contribution in [3.05, 3.63) is 0 Å². The summed E-state index contributed by atoms with van der Waals surface area (Å²) in [6.07, 6.45) is 0.544. The summed E-state index contributed by atoms with van der Waals surface area (Å²) in [5.74, 6) is 0.0518. The fraction of sp³-hybridized carbons (Fsp3) is 0.583. The number of carbonyl (C=O) groups excluding carboxylic acids is 1. The van der Waals surface area contributed by atoms with Crippen LogP contribution < -0.4 is 20.0 Å². The molecule has 1 aromatic heterocycles. The Hall–Kier alpha value is -1.76. The first-order chi connectivity index (χ1) is 11.0. The molecule has 1 N–H and O–H groups in total. The molecule has 0 spiro atoms. The van der Waals surface area contributed by atoms with Gasteiger partial charge in [0.1, 0.15) is 0 Å². The molecule has 0 fully saturated rings. The van der Waals surface area contributed by atoms with Crippen LogP contribution in [0.5, 0.6) is 0 Å². The third-order valence-corrected chi connectivity index (χ3v) is 3.25. The fourth-order valence-electron chi connectivity index (χ4n) is 1.55. The fourth-order valence-corrected chi connectivity index (χ4v) is 2.01. The number of rotatable bonds is 5. The van der Waals surface area contributed by atoms with Gasteiger partial charge in [-0.15, -0.1) is 0 Å². The zero-order chi connectivity index (χ0) is 18.7. The van der Waals surface area contributed by atoms with Gasteiger partial charge in [-0.25, -0.2) is 4.90 Å². The number of alkyl halides is 3. The molecule has 0 radical (unpaired) electrons. The summed E-state index contributed by atoms with van der Waals surface area (Å²) >= 11 is 17.7. The van der Waals surface area contributed by atoms with Crippen LogP contribution in [-0.4, -0.2) is 59.0 Å². The van der Waals surface area contributed by atoms with E-state index < -0.39 is 15.9 Å². The second-order valence-corrected chi connectivity index (χ2v) is 7.51. The molecule has 9 nitrogen and oxygen atoms in total. The monoisotopic (exact) mass is 394 g/mol. The summed E-state index contributed by atoms with van der Waals surface area (Å²) in [6, 6.07) is 0. The van der Waals surface area contributed by atoms with Crippen LogP contribution in [0, 0.1) is 11.5 Å². The van der Waals surface area contributed by atoms with Crippen molar-refractivity contribution in [1.29, 1.82) is 5.26 Å². The Bertz CT molecular complexity index is 614. The van der Waals surface area contributed by atoms with Crippen LogP contribution in [0.3, 0.4) is 0 Å². The average molecular weight is 396 g/mol. The van der Waals surface area contributed by atoms with E-state index in [0.29, 0.717) is 11.9 Å². The van der Waals surface area contributed by atoms with Crippen LogP contribution in [0.25, 0.3) is 0 Å². The molecule has 0 aliphatic heterocycles. The lowest BCUT2D eigenvalue weighted by molar-refractivity contribution is -0.119. The number of anilines is 3. The van der Waals surface area contributed by atoms with E-state index in [0.717, 1.165) is 4.90 Å². The Kier molecular flexibility index (Phi) is 6.66. The third kappa shape index (κ3) is 5.12. The second kappa shape index (κ2) is 7.88. The summed E-state index contributed by atoms with van der Waals surface area (Å²) in [5.41, 5.74) is 0. The summed E-state index contributed by atoms with van der Waals surface area (Å²) < 4.78 is -2.00. The van der Waals surface area contributed by atoms with Gasteiger partial charge in [0.25, 0.3) is 0 Å². The lowest BCUT2D eigenvalue weighted by Gasteiger charge is -2.31. The van der Waals surface area contributed by atoms with E-state index in [1.54, 1.807) is 38.0 Å². The van der Waals surface area contributed by atoms with Crippen molar-refractivity contribution in [2.45, 2.75) is 16.9 Å².